The van der Waals surface area contributed by atoms with Gasteiger partial charge in [0.25, 0.3) is 0 Å². The van der Waals surface area contributed by atoms with E-state index in [4.69, 9.17) is 5.73 Å². The fourth-order valence-electron chi connectivity index (χ4n) is 2.63. The van der Waals surface area contributed by atoms with Crippen LogP contribution in [0.25, 0.3) is 0 Å². The van der Waals surface area contributed by atoms with Crippen molar-refractivity contribution >= 4 is 0 Å². The normalized spacial score (nSPS) is 14.2. The van der Waals surface area contributed by atoms with Gasteiger partial charge < -0.3 is 5.73 Å². The quantitative estimate of drug-likeness (QED) is 0.876. The fraction of sp³-hybridized carbons (Fsp3) is 0.353. The number of hydrogen-bond donors (Lipinski definition) is 1. The van der Waals surface area contributed by atoms with Gasteiger partial charge in [0.15, 0.2) is 0 Å². The maximum absolute atomic E-state index is 6.45. The van der Waals surface area contributed by atoms with Gasteiger partial charge in [0.1, 0.15) is 0 Å². The molecule has 0 aliphatic rings. The van der Waals surface area contributed by atoms with E-state index < -0.39 is 0 Å². The second-order valence-electron chi connectivity index (χ2n) is 5.19. The van der Waals surface area contributed by atoms with E-state index in [1.54, 1.807) is 6.20 Å². The van der Waals surface area contributed by atoms with Gasteiger partial charge in [0.05, 0.1) is 0 Å². The standard InChI is InChI=1S/C17H23N3/c1-3-16(17(18)15-9-5-4-6-10-15)20(2)13-14-8-7-11-19-12-14/h4-12,16-17H,3,13,18H2,1-2H3. The maximum atomic E-state index is 6.45. The summed E-state index contributed by atoms with van der Waals surface area (Å²) in [6.45, 7) is 3.06. The Morgan fingerprint density at radius 1 is 1.15 bits per heavy atom. The van der Waals surface area contributed by atoms with Gasteiger partial charge in [-0.05, 0) is 30.7 Å². The molecule has 2 N–H and O–H groups in total. The summed E-state index contributed by atoms with van der Waals surface area (Å²) < 4.78 is 0. The summed E-state index contributed by atoms with van der Waals surface area (Å²) in [7, 11) is 2.13. The largest absolute Gasteiger partial charge is 0.323 e. The third-order valence-corrected chi connectivity index (χ3v) is 3.74. The predicted molar refractivity (Wildman–Crippen MR) is 83.2 cm³/mol. The lowest BCUT2D eigenvalue weighted by atomic mass is 9.97. The first-order valence-electron chi connectivity index (χ1n) is 7.12. The third kappa shape index (κ3) is 3.65. The van der Waals surface area contributed by atoms with Crippen LogP contribution in [0.3, 0.4) is 0 Å². The van der Waals surface area contributed by atoms with E-state index in [2.05, 4.69) is 42.1 Å². The maximum Gasteiger partial charge on any atom is 0.0453 e. The van der Waals surface area contributed by atoms with Crippen LogP contribution in [0.4, 0.5) is 0 Å². The smallest absolute Gasteiger partial charge is 0.0453 e. The number of likely N-dealkylation sites (N-methyl/N-ethyl adjacent to an activating group) is 1. The molecular formula is C17H23N3. The monoisotopic (exact) mass is 269 g/mol. The zero-order chi connectivity index (χ0) is 14.4. The highest BCUT2D eigenvalue weighted by Crippen LogP contribution is 2.21. The predicted octanol–water partition coefficient (Wildman–Crippen LogP) is 2.99. The number of hydrogen-bond acceptors (Lipinski definition) is 3. The molecule has 1 aromatic heterocycles. The summed E-state index contributed by atoms with van der Waals surface area (Å²) in [6.07, 6.45) is 4.74. The summed E-state index contributed by atoms with van der Waals surface area (Å²) in [5, 5.41) is 0. The molecule has 0 fully saturated rings. The van der Waals surface area contributed by atoms with Crippen LogP contribution in [0.2, 0.25) is 0 Å². The van der Waals surface area contributed by atoms with Crippen LogP contribution in [0.15, 0.2) is 54.9 Å². The number of benzene rings is 1. The van der Waals surface area contributed by atoms with Gasteiger partial charge in [-0.25, -0.2) is 0 Å². The Balaban J connectivity index is 2.07. The number of pyridine rings is 1. The van der Waals surface area contributed by atoms with Crippen molar-refractivity contribution in [1.29, 1.82) is 0 Å². The van der Waals surface area contributed by atoms with Crippen LogP contribution in [0, 0.1) is 0 Å². The van der Waals surface area contributed by atoms with Crippen LogP contribution < -0.4 is 5.73 Å². The van der Waals surface area contributed by atoms with Crippen molar-refractivity contribution in [1.82, 2.24) is 9.88 Å². The molecule has 2 atom stereocenters. The average Bonchev–Trinajstić information content (AvgIpc) is 2.49. The SMILES string of the molecule is CCC(C(N)c1ccccc1)N(C)Cc1cccnc1. The molecule has 106 valence electrons. The molecule has 0 amide bonds. The Hall–Kier alpha value is -1.71. The van der Waals surface area contributed by atoms with Crippen LogP contribution in [0.5, 0.6) is 0 Å². The van der Waals surface area contributed by atoms with E-state index in [-0.39, 0.29) is 6.04 Å². The minimum absolute atomic E-state index is 0.0304. The van der Waals surface area contributed by atoms with E-state index >= 15 is 0 Å². The molecule has 0 spiro atoms. The zero-order valence-corrected chi connectivity index (χ0v) is 12.2. The Kier molecular flexibility index (Phi) is 5.27. The second-order valence-corrected chi connectivity index (χ2v) is 5.19. The van der Waals surface area contributed by atoms with Crippen molar-refractivity contribution in [3.63, 3.8) is 0 Å². The van der Waals surface area contributed by atoms with E-state index in [9.17, 15) is 0 Å². The van der Waals surface area contributed by atoms with Crippen molar-refractivity contribution in [3.05, 3.63) is 66.0 Å². The topological polar surface area (TPSA) is 42.1 Å². The van der Waals surface area contributed by atoms with Crippen molar-refractivity contribution in [2.24, 2.45) is 5.73 Å². The number of nitrogens with zero attached hydrogens (tertiary/aromatic N) is 2. The van der Waals surface area contributed by atoms with Gasteiger partial charge >= 0.3 is 0 Å². The van der Waals surface area contributed by atoms with E-state index in [1.807, 2.05) is 30.5 Å². The molecule has 0 radical (unpaired) electrons. The number of aromatic nitrogens is 1. The van der Waals surface area contributed by atoms with Gasteiger partial charge in [-0.1, -0.05) is 43.3 Å². The Labute approximate surface area is 121 Å². The summed E-state index contributed by atoms with van der Waals surface area (Å²) in [5.74, 6) is 0. The molecule has 2 aromatic rings. The first-order valence-corrected chi connectivity index (χ1v) is 7.12. The van der Waals surface area contributed by atoms with Gasteiger partial charge in [0, 0.05) is 31.0 Å². The lowest BCUT2D eigenvalue weighted by Gasteiger charge is -2.32. The van der Waals surface area contributed by atoms with Gasteiger partial charge in [-0.2, -0.15) is 0 Å². The van der Waals surface area contributed by atoms with Gasteiger partial charge in [-0.3, -0.25) is 9.88 Å². The third-order valence-electron chi connectivity index (χ3n) is 3.74. The average molecular weight is 269 g/mol. The lowest BCUT2D eigenvalue weighted by molar-refractivity contribution is 0.197. The number of rotatable bonds is 6. The second kappa shape index (κ2) is 7.17. The Morgan fingerprint density at radius 2 is 1.90 bits per heavy atom. The number of nitrogens with two attached hydrogens (primary N) is 1. The van der Waals surface area contributed by atoms with Crippen LogP contribution in [-0.2, 0) is 6.54 Å². The summed E-state index contributed by atoms with van der Waals surface area (Å²) in [6, 6.07) is 14.7. The van der Waals surface area contributed by atoms with Crippen LogP contribution >= 0.6 is 0 Å². The molecule has 0 aliphatic heterocycles. The highest BCUT2D eigenvalue weighted by atomic mass is 15.1. The summed E-state index contributed by atoms with van der Waals surface area (Å²) in [4.78, 5) is 6.48. The van der Waals surface area contributed by atoms with Crippen molar-refractivity contribution < 1.29 is 0 Å². The molecular weight excluding hydrogens is 246 g/mol. The molecule has 3 heteroatoms. The van der Waals surface area contributed by atoms with Gasteiger partial charge in [-0.15, -0.1) is 0 Å². The van der Waals surface area contributed by atoms with E-state index in [0.717, 1.165) is 13.0 Å². The highest BCUT2D eigenvalue weighted by molar-refractivity contribution is 5.20. The zero-order valence-electron chi connectivity index (χ0n) is 12.2. The molecule has 2 unspecified atom stereocenters. The lowest BCUT2D eigenvalue weighted by Crippen LogP contribution is -2.39. The minimum Gasteiger partial charge on any atom is -0.323 e. The molecule has 2 rings (SSSR count). The molecule has 20 heavy (non-hydrogen) atoms. The molecule has 0 saturated heterocycles. The first kappa shape index (κ1) is 14.7. The molecule has 3 nitrogen and oxygen atoms in total. The molecule has 0 bridgehead atoms. The Morgan fingerprint density at radius 3 is 2.50 bits per heavy atom. The fourth-order valence-corrected chi connectivity index (χ4v) is 2.63. The summed E-state index contributed by atoms with van der Waals surface area (Å²) >= 11 is 0. The van der Waals surface area contributed by atoms with Crippen LogP contribution in [-0.4, -0.2) is 23.0 Å². The van der Waals surface area contributed by atoms with E-state index in [0.29, 0.717) is 6.04 Å². The molecule has 0 aliphatic carbocycles. The van der Waals surface area contributed by atoms with Crippen molar-refractivity contribution in [2.45, 2.75) is 32.0 Å². The highest BCUT2D eigenvalue weighted by Gasteiger charge is 2.21. The molecule has 1 aromatic carbocycles. The first-order chi connectivity index (χ1) is 9.72. The Bertz CT molecular complexity index is 498. The van der Waals surface area contributed by atoms with Crippen molar-refractivity contribution in [2.75, 3.05) is 7.05 Å². The minimum atomic E-state index is 0.0304. The molecule has 0 saturated carbocycles. The molecule has 1 heterocycles. The summed E-state index contributed by atoms with van der Waals surface area (Å²) in [5.41, 5.74) is 8.86. The van der Waals surface area contributed by atoms with Crippen molar-refractivity contribution in [3.8, 4) is 0 Å². The van der Waals surface area contributed by atoms with E-state index in [1.165, 1.54) is 11.1 Å². The van der Waals surface area contributed by atoms with Gasteiger partial charge in [0.2, 0.25) is 0 Å². The van der Waals surface area contributed by atoms with Crippen LogP contribution in [0.1, 0.15) is 30.5 Å².